The van der Waals surface area contributed by atoms with E-state index in [2.05, 4.69) is 0 Å². The Bertz CT molecular complexity index is 1160. The molecule has 0 aromatic heterocycles. The number of fused-ring (bicyclic) bond motifs is 3. The van der Waals surface area contributed by atoms with Crippen molar-refractivity contribution in [3.8, 4) is 17.2 Å². The van der Waals surface area contributed by atoms with Gasteiger partial charge in [0.2, 0.25) is 5.78 Å². The van der Waals surface area contributed by atoms with Crippen molar-refractivity contribution in [3.05, 3.63) is 51.6 Å². The molecule has 0 heterocycles. The van der Waals surface area contributed by atoms with Gasteiger partial charge in [-0.2, -0.15) is 0 Å². The second kappa shape index (κ2) is 7.54. The number of benzene rings is 2. The average molecular weight is 424 g/mol. The number of Topliss-reactive ketones (excluding diaryl/α,β-unsaturated/α-hetero) is 1. The molecule has 0 unspecified atom stereocenters. The van der Waals surface area contributed by atoms with Crippen LogP contribution in [-0.4, -0.2) is 47.2 Å². The van der Waals surface area contributed by atoms with E-state index in [9.17, 15) is 29.4 Å². The summed E-state index contributed by atoms with van der Waals surface area (Å²) in [6.45, 7) is 0.826. The Labute approximate surface area is 177 Å². The zero-order valence-electron chi connectivity index (χ0n) is 17.0. The Morgan fingerprint density at radius 1 is 1.03 bits per heavy atom. The minimum atomic E-state index is -0.606. The number of esters is 1. The normalized spacial score (nSPS) is 16.8. The Morgan fingerprint density at radius 2 is 1.71 bits per heavy atom. The zero-order valence-corrected chi connectivity index (χ0v) is 17.0. The molecule has 1 atom stereocenters. The van der Waals surface area contributed by atoms with E-state index in [1.165, 1.54) is 20.1 Å². The van der Waals surface area contributed by atoms with Crippen LogP contribution in [0.15, 0.2) is 18.2 Å². The van der Waals surface area contributed by atoms with Gasteiger partial charge in [-0.25, -0.2) is 0 Å². The van der Waals surface area contributed by atoms with Crippen LogP contribution in [-0.2, 0) is 27.2 Å². The van der Waals surface area contributed by atoms with Crippen molar-refractivity contribution in [3.63, 3.8) is 0 Å². The number of phenolic OH excluding ortho intramolecular Hbond substituents is 2. The molecule has 0 radical (unpaired) electrons. The molecule has 0 spiro atoms. The van der Waals surface area contributed by atoms with Gasteiger partial charge in [-0.3, -0.25) is 19.2 Å². The molecule has 0 fully saturated rings. The number of carbonyl (C=O) groups is 4. The Morgan fingerprint density at radius 3 is 2.39 bits per heavy atom. The highest BCUT2D eigenvalue weighted by atomic mass is 16.5. The van der Waals surface area contributed by atoms with E-state index < -0.39 is 29.2 Å². The number of hydrogen-bond acceptors (Lipinski definition) is 8. The van der Waals surface area contributed by atoms with Gasteiger partial charge >= 0.3 is 5.97 Å². The first-order valence-electron chi connectivity index (χ1n) is 9.78. The summed E-state index contributed by atoms with van der Waals surface area (Å²) in [6, 6.07) is 4.57. The van der Waals surface area contributed by atoms with Crippen LogP contribution in [0.2, 0.25) is 0 Å². The Kier molecular flexibility index (Phi) is 5.00. The fraction of sp³-hybridized carbons (Fsp3) is 0.304. The Balaban J connectivity index is 1.80. The molecule has 0 saturated heterocycles. The first-order chi connectivity index (χ1) is 14.8. The largest absolute Gasteiger partial charge is 0.507 e. The molecular formula is C23H20O8. The monoisotopic (exact) mass is 424 g/mol. The van der Waals surface area contributed by atoms with Crippen LogP contribution in [0.4, 0.5) is 0 Å². The molecule has 2 aliphatic rings. The molecule has 2 aliphatic carbocycles. The molecule has 4 rings (SSSR count). The van der Waals surface area contributed by atoms with Gasteiger partial charge in [0, 0.05) is 29.5 Å². The molecular weight excluding hydrogens is 404 g/mol. The molecule has 0 amide bonds. The third-order valence-corrected chi connectivity index (χ3v) is 5.90. The van der Waals surface area contributed by atoms with Crippen LogP contribution in [0.3, 0.4) is 0 Å². The van der Waals surface area contributed by atoms with Crippen LogP contribution >= 0.6 is 0 Å². The average Bonchev–Trinajstić information content (AvgIpc) is 2.77. The SMILES string of the molecule is COc1cccc2c1C(=O)c1c(O)c3c(c(O)c1C2=O)C[C@@H](C(=O)COC(C)=O)CC3. The van der Waals surface area contributed by atoms with Gasteiger partial charge in [0.05, 0.1) is 23.8 Å². The van der Waals surface area contributed by atoms with Gasteiger partial charge in [0.15, 0.2) is 11.6 Å². The summed E-state index contributed by atoms with van der Waals surface area (Å²) >= 11 is 0. The van der Waals surface area contributed by atoms with Gasteiger partial charge in [-0.05, 0) is 25.3 Å². The van der Waals surface area contributed by atoms with Crippen molar-refractivity contribution in [1.82, 2.24) is 0 Å². The van der Waals surface area contributed by atoms with Crippen LogP contribution in [0.5, 0.6) is 17.2 Å². The first kappa shape index (κ1) is 20.6. The molecule has 2 N–H and O–H groups in total. The van der Waals surface area contributed by atoms with Crippen molar-refractivity contribution >= 4 is 23.3 Å². The lowest BCUT2D eigenvalue weighted by molar-refractivity contribution is -0.147. The highest BCUT2D eigenvalue weighted by Crippen LogP contribution is 2.47. The molecule has 8 nitrogen and oxygen atoms in total. The molecule has 2 aromatic carbocycles. The number of methoxy groups -OCH3 is 1. The highest BCUT2D eigenvalue weighted by molar-refractivity contribution is 6.31. The third-order valence-electron chi connectivity index (χ3n) is 5.90. The minimum absolute atomic E-state index is 0.0439. The molecule has 2 aromatic rings. The van der Waals surface area contributed by atoms with Crippen molar-refractivity contribution in [1.29, 1.82) is 0 Å². The number of ketones is 3. The lowest BCUT2D eigenvalue weighted by atomic mass is 9.75. The standard InChI is InChI=1S/C23H20O8/c1-10(24)31-9-15(25)11-6-7-12-14(8-11)22(28)18-19(20(12)26)23(29)17-13(21(18)27)4-3-5-16(17)30-2/h3-5,11,26,28H,6-9H2,1-2H3/t11-/m0/s1. The summed E-state index contributed by atoms with van der Waals surface area (Å²) in [4.78, 5) is 49.7. The van der Waals surface area contributed by atoms with Gasteiger partial charge in [-0.15, -0.1) is 0 Å². The molecule has 0 saturated carbocycles. The van der Waals surface area contributed by atoms with E-state index >= 15 is 0 Å². The fourth-order valence-corrected chi connectivity index (χ4v) is 4.37. The molecule has 0 aliphatic heterocycles. The fourth-order valence-electron chi connectivity index (χ4n) is 4.37. The van der Waals surface area contributed by atoms with Crippen molar-refractivity contribution < 1.29 is 38.9 Å². The van der Waals surface area contributed by atoms with Crippen LogP contribution in [0.25, 0.3) is 0 Å². The summed E-state index contributed by atoms with van der Waals surface area (Å²) in [5.41, 5.74) is 0.202. The number of aromatic hydroxyl groups is 2. The number of hydrogen-bond donors (Lipinski definition) is 2. The maximum Gasteiger partial charge on any atom is 0.303 e. The lowest BCUT2D eigenvalue weighted by Gasteiger charge is -2.29. The molecule has 8 heteroatoms. The van der Waals surface area contributed by atoms with E-state index in [1.54, 1.807) is 12.1 Å². The number of carbonyl (C=O) groups excluding carboxylic acids is 4. The van der Waals surface area contributed by atoms with E-state index in [-0.39, 0.29) is 64.5 Å². The maximum absolute atomic E-state index is 13.2. The molecule has 160 valence electrons. The van der Waals surface area contributed by atoms with Gasteiger partial charge in [-0.1, -0.05) is 12.1 Å². The summed E-state index contributed by atoms with van der Waals surface area (Å²) in [5, 5.41) is 21.9. The number of phenols is 2. The third kappa shape index (κ3) is 3.15. The van der Waals surface area contributed by atoms with Crippen molar-refractivity contribution in [2.75, 3.05) is 13.7 Å². The van der Waals surface area contributed by atoms with Crippen LogP contribution < -0.4 is 4.74 Å². The zero-order chi connectivity index (χ0) is 22.4. The summed E-state index contributed by atoms with van der Waals surface area (Å²) in [5.74, 6) is -3.19. The van der Waals surface area contributed by atoms with Gasteiger partial charge in [0.1, 0.15) is 23.9 Å². The second-order valence-corrected chi connectivity index (χ2v) is 7.63. The molecule has 31 heavy (non-hydrogen) atoms. The predicted octanol–water partition coefficient (Wildman–Crippen LogP) is 2.12. The quantitative estimate of drug-likeness (QED) is 0.482. The predicted molar refractivity (Wildman–Crippen MR) is 107 cm³/mol. The lowest BCUT2D eigenvalue weighted by Crippen LogP contribution is -2.29. The van der Waals surface area contributed by atoms with E-state index in [0.717, 1.165) is 0 Å². The maximum atomic E-state index is 13.2. The second-order valence-electron chi connectivity index (χ2n) is 7.63. The number of rotatable bonds is 4. The van der Waals surface area contributed by atoms with Crippen molar-refractivity contribution in [2.45, 2.75) is 26.2 Å². The van der Waals surface area contributed by atoms with E-state index in [0.29, 0.717) is 12.0 Å². The Hall–Kier alpha value is -3.68. The van der Waals surface area contributed by atoms with Gasteiger partial charge in [0.25, 0.3) is 0 Å². The summed E-state index contributed by atoms with van der Waals surface area (Å²) in [6.07, 6.45) is 0.633. The van der Waals surface area contributed by atoms with E-state index in [1.807, 2.05) is 0 Å². The summed E-state index contributed by atoms with van der Waals surface area (Å²) in [7, 11) is 1.38. The van der Waals surface area contributed by atoms with E-state index in [4.69, 9.17) is 9.47 Å². The number of ether oxygens (including phenoxy) is 2. The minimum Gasteiger partial charge on any atom is -0.507 e. The van der Waals surface area contributed by atoms with Crippen LogP contribution in [0.1, 0.15) is 56.3 Å². The van der Waals surface area contributed by atoms with Gasteiger partial charge < -0.3 is 19.7 Å². The topological polar surface area (TPSA) is 127 Å². The summed E-state index contributed by atoms with van der Waals surface area (Å²) < 4.78 is 9.99. The van der Waals surface area contributed by atoms with Crippen molar-refractivity contribution in [2.24, 2.45) is 5.92 Å². The van der Waals surface area contributed by atoms with Crippen LogP contribution in [0, 0.1) is 5.92 Å². The first-order valence-corrected chi connectivity index (χ1v) is 9.78. The molecule has 0 bridgehead atoms. The smallest absolute Gasteiger partial charge is 0.303 e. The highest BCUT2D eigenvalue weighted by Gasteiger charge is 2.41.